The molecule has 0 aliphatic rings. The van der Waals surface area contributed by atoms with Crippen LogP contribution in [0.4, 0.5) is 5.69 Å². The molecule has 0 bridgehead atoms. The van der Waals surface area contributed by atoms with Gasteiger partial charge in [0.1, 0.15) is 23.1 Å². The second-order valence-electron chi connectivity index (χ2n) is 6.71. The molecule has 1 aromatic heterocycles. The van der Waals surface area contributed by atoms with Gasteiger partial charge in [-0.25, -0.2) is 0 Å². The number of nitrogens with two attached hydrogens (primary N) is 2. The zero-order chi connectivity index (χ0) is 21.1. The van der Waals surface area contributed by atoms with Gasteiger partial charge in [0.2, 0.25) is 0 Å². The molecular weight excluding hydrogens is 376 g/mol. The number of nitrogen functional groups attached to an aromatic ring is 2. The Balaban J connectivity index is 1.72. The molecule has 4 aromatic rings. The SMILES string of the molecule is N=C(N)c1c(-c2ccc(Oc3ccccc3)cc2)cnc(-c2cccc(O)c2)c1N. The van der Waals surface area contributed by atoms with Crippen LogP contribution in [0.2, 0.25) is 0 Å². The largest absolute Gasteiger partial charge is 0.508 e. The first kappa shape index (κ1) is 19.0. The second-order valence-corrected chi connectivity index (χ2v) is 6.71. The summed E-state index contributed by atoms with van der Waals surface area (Å²) in [5, 5.41) is 17.8. The average molecular weight is 396 g/mol. The van der Waals surface area contributed by atoms with E-state index in [1.807, 2.05) is 54.6 Å². The van der Waals surface area contributed by atoms with Gasteiger partial charge in [0.25, 0.3) is 0 Å². The Hall–Kier alpha value is -4.32. The zero-order valence-electron chi connectivity index (χ0n) is 16.0. The molecule has 6 heteroatoms. The maximum absolute atomic E-state index is 9.76. The number of rotatable bonds is 5. The van der Waals surface area contributed by atoms with E-state index >= 15 is 0 Å². The van der Waals surface area contributed by atoms with Crippen LogP contribution in [0.15, 0.2) is 85.1 Å². The van der Waals surface area contributed by atoms with Crippen molar-refractivity contribution in [3.63, 3.8) is 0 Å². The highest BCUT2D eigenvalue weighted by Gasteiger charge is 2.17. The molecule has 0 saturated heterocycles. The molecular formula is C24H20N4O2. The van der Waals surface area contributed by atoms with Gasteiger partial charge in [0.15, 0.2) is 0 Å². The minimum atomic E-state index is -0.157. The summed E-state index contributed by atoms with van der Waals surface area (Å²) in [7, 11) is 0. The Morgan fingerprint density at radius 3 is 2.23 bits per heavy atom. The van der Waals surface area contributed by atoms with E-state index < -0.39 is 0 Å². The molecule has 0 fully saturated rings. The molecule has 3 aromatic carbocycles. The van der Waals surface area contributed by atoms with Gasteiger partial charge in [-0.1, -0.05) is 42.5 Å². The summed E-state index contributed by atoms with van der Waals surface area (Å²) in [6.45, 7) is 0. The van der Waals surface area contributed by atoms with Crippen molar-refractivity contribution in [1.29, 1.82) is 5.41 Å². The molecule has 0 atom stereocenters. The third kappa shape index (κ3) is 3.79. The van der Waals surface area contributed by atoms with Crippen molar-refractivity contribution in [1.82, 2.24) is 4.98 Å². The Labute approximate surface area is 173 Å². The quantitative estimate of drug-likeness (QED) is 0.286. The minimum Gasteiger partial charge on any atom is -0.508 e. The minimum absolute atomic E-state index is 0.108. The number of phenols is 1. The number of amidine groups is 1. The van der Waals surface area contributed by atoms with Crippen LogP contribution in [0.5, 0.6) is 17.2 Å². The summed E-state index contributed by atoms with van der Waals surface area (Å²) in [5.41, 5.74) is 15.5. The highest BCUT2D eigenvalue weighted by atomic mass is 16.5. The third-order valence-corrected chi connectivity index (χ3v) is 4.65. The first-order chi connectivity index (χ1) is 14.5. The number of hydrogen-bond acceptors (Lipinski definition) is 5. The van der Waals surface area contributed by atoms with Crippen molar-refractivity contribution in [2.24, 2.45) is 5.73 Å². The van der Waals surface area contributed by atoms with Crippen LogP contribution in [0, 0.1) is 5.41 Å². The molecule has 0 saturated carbocycles. The van der Waals surface area contributed by atoms with Crippen LogP contribution in [0.3, 0.4) is 0 Å². The van der Waals surface area contributed by atoms with Crippen molar-refractivity contribution < 1.29 is 9.84 Å². The molecule has 6 N–H and O–H groups in total. The number of nitrogens with one attached hydrogen (secondary N) is 1. The third-order valence-electron chi connectivity index (χ3n) is 4.65. The van der Waals surface area contributed by atoms with E-state index in [1.165, 1.54) is 0 Å². The molecule has 4 rings (SSSR count). The fourth-order valence-corrected chi connectivity index (χ4v) is 3.25. The van der Waals surface area contributed by atoms with Crippen LogP contribution in [0.25, 0.3) is 22.4 Å². The summed E-state index contributed by atoms with van der Waals surface area (Å²) in [6, 6.07) is 23.6. The highest BCUT2D eigenvalue weighted by molar-refractivity contribution is 6.08. The van der Waals surface area contributed by atoms with Crippen molar-refractivity contribution >= 4 is 11.5 Å². The number of para-hydroxylation sites is 1. The predicted octanol–water partition coefficient (Wildman–Crippen LogP) is 4.78. The second kappa shape index (κ2) is 7.97. The zero-order valence-corrected chi connectivity index (χ0v) is 16.0. The Morgan fingerprint density at radius 2 is 1.57 bits per heavy atom. The number of aromatic hydroxyl groups is 1. The summed E-state index contributed by atoms with van der Waals surface area (Å²) in [5.74, 6) is 1.38. The molecule has 0 aliphatic heterocycles. The molecule has 6 nitrogen and oxygen atoms in total. The first-order valence-electron chi connectivity index (χ1n) is 9.28. The van der Waals surface area contributed by atoms with Gasteiger partial charge in [-0.15, -0.1) is 0 Å². The van der Waals surface area contributed by atoms with E-state index in [9.17, 15) is 5.11 Å². The maximum atomic E-state index is 9.76. The fourth-order valence-electron chi connectivity index (χ4n) is 3.25. The van der Waals surface area contributed by atoms with E-state index in [4.69, 9.17) is 21.6 Å². The van der Waals surface area contributed by atoms with E-state index in [0.717, 1.165) is 11.3 Å². The molecule has 0 aliphatic carbocycles. The summed E-state index contributed by atoms with van der Waals surface area (Å²) in [4.78, 5) is 4.48. The van der Waals surface area contributed by atoms with Gasteiger partial charge in [-0.3, -0.25) is 10.4 Å². The highest BCUT2D eigenvalue weighted by Crippen LogP contribution is 2.35. The number of phenolic OH excluding ortho intramolecular Hbond substituents is 1. The number of nitrogens with zero attached hydrogens (tertiary/aromatic N) is 1. The summed E-state index contributed by atoms with van der Waals surface area (Å²) < 4.78 is 5.83. The first-order valence-corrected chi connectivity index (χ1v) is 9.28. The van der Waals surface area contributed by atoms with Crippen LogP contribution < -0.4 is 16.2 Å². The van der Waals surface area contributed by atoms with Crippen LogP contribution in [-0.2, 0) is 0 Å². The van der Waals surface area contributed by atoms with Crippen molar-refractivity contribution in [3.05, 3.63) is 90.6 Å². The summed E-state index contributed by atoms with van der Waals surface area (Å²) >= 11 is 0. The smallest absolute Gasteiger partial charge is 0.127 e. The van der Waals surface area contributed by atoms with Crippen molar-refractivity contribution in [2.45, 2.75) is 0 Å². The fraction of sp³-hybridized carbons (Fsp3) is 0. The molecule has 1 heterocycles. The predicted molar refractivity (Wildman–Crippen MR) is 119 cm³/mol. The molecule has 0 amide bonds. The van der Waals surface area contributed by atoms with Gasteiger partial charge >= 0.3 is 0 Å². The van der Waals surface area contributed by atoms with E-state index in [0.29, 0.717) is 28.1 Å². The number of benzene rings is 3. The number of aromatic nitrogens is 1. The number of ether oxygens (including phenoxy) is 1. The van der Waals surface area contributed by atoms with Gasteiger partial charge in [0, 0.05) is 17.3 Å². The van der Waals surface area contributed by atoms with Crippen LogP contribution in [-0.4, -0.2) is 15.9 Å². The Bertz CT molecular complexity index is 1210. The number of hydrogen-bond donors (Lipinski definition) is 4. The normalized spacial score (nSPS) is 10.5. The van der Waals surface area contributed by atoms with E-state index in [2.05, 4.69) is 4.98 Å². The van der Waals surface area contributed by atoms with Crippen molar-refractivity contribution in [3.8, 4) is 39.6 Å². The van der Waals surface area contributed by atoms with Gasteiger partial charge in [0.05, 0.1) is 16.9 Å². The molecule has 0 unspecified atom stereocenters. The van der Waals surface area contributed by atoms with E-state index in [1.54, 1.807) is 30.5 Å². The topological polar surface area (TPSA) is 118 Å². The van der Waals surface area contributed by atoms with Crippen LogP contribution in [0.1, 0.15) is 5.56 Å². The lowest BCUT2D eigenvalue weighted by Crippen LogP contribution is -2.16. The lowest BCUT2D eigenvalue weighted by Gasteiger charge is -2.15. The van der Waals surface area contributed by atoms with Crippen molar-refractivity contribution in [2.75, 3.05) is 5.73 Å². The van der Waals surface area contributed by atoms with E-state index in [-0.39, 0.29) is 17.3 Å². The number of anilines is 1. The van der Waals surface area contributed by atoms with Crippen LogP contribution >= 0.6 is 0 Å². The average Bonchev–Trinajstić information content (AvgIpc) is 2.74. The van der Waals surface area contributed by atoms with Gasteiger partial charge in [-0.05, 0) is 42.0 Å². The molecule has 0 spiro atoms. The maximum Gasteiger partial charge on any atom is 0.127 e. The lowest BCUT2D eigenvalue weighted by atomic mass is 9.96. The van der Waals surface area contributed by atoms with Gasteiger partial charge < -0.3 is 21.3 Å². The molecule has 30 heavy (non-hydrogen) atoms. The Morgan fingerprint density at radius 1 is 0.867 bits per heavy atom. The Kier molecular flexibility index (Phi) is 5.05. The van der Waals surface area contributed by atoms with Gasteiger partial charge in [-0.2, -0.15) is 0 Å². The molecule has 148 valence electrons. The standard InChI is InChI=1S/C24H20N4O2/c25-22-21(24(26)27)20(14-28-23(22)16-5-4-6-17(29)13-16)15-9-11-19(12-10-15)30-18-7-2-1-3-8-18/h1-14,29H,25H2,(H3,26,27). The molecule has 0 radical (unpaired) electrons. The lowest BCUT2D eigenvalue weighted by molar-refractivity contribution is 0.475. The summed E-state index contributed by atoms with van der Waals surface area (Å²) in [6.07, 6.45) is 1.64. The number of pyridine rings is 1. The monoisotopic (exact) mass is 396 g/mol.